The molecule has 0 bridgehead atoms. The molecule has 0 saturated heterocycles. The molecule has 0 spiro atoms. The second-order valence-corrected chi connectivity index (χ2v) is 7.83. The highest BCUT2D eigenvalue weighted by molar-refractivity contribution is 7.89. The van der Waals surface area contributed by atoms with Crippen molar-refractivity contribution in [3.05, 3.63) is 60.4 Å². The van der Waals surface area contributed by atoms with E-state index in [0.29, 0.717) is 22.4 Å². The summed E-state index contributed by atoms with van der Waals surface area (Å²) in [5.41, 5.74) is 2.18. The van der Waals surface area contributed by atoms with Crippen molar-refractivity contribution in [2.75, 3.05) is 13.2 Å². The highest BCUT2D eigenvalue weighted by Crippen LogP contribution is 2.35. The van der Waals surface area contributed by atoms with E-state index in [2.05, 4.69) is 5.16 Å². The van der Waals surface area contributed by atoms with Gasteiger partial charge in [0.2, 0.25) is 10.0 Å². The Kier molecular flexibility index (Phi) is 6.08. The van der Waals surface area contributed by atoms with Gasteiger partial charge in [-0.05, 0) is 17.7 Å². The molecule has 0 aliphatic carbocycles. The third kappa shape index (κ3) is 5.04. The molecule has 1 heterocycles. The molecule has 29 heavy (non-hydrogen) atoms. The van der Waals surface area contributed by atoms with E-state index in [-0.39, 0.29) is 17.3 Å². The van der Waals surface area contributed by atoms with Gasteiger partial charge in [-0.2, -0.15) is 0 Å². The maximum absolute atomic E-state index is 13.2. The molecule has 10 heteroatoms. The summed E-state index contributed by atoms with van der Waals surface area (Å²) in [5, 5.41) is 17.8. The molecule has 3 rings (SSSR count). The van der Waals surface area contributed by atoms with E-state index in [9.17, 15) is 17.2 Å². The number of rotatable bonds is 8. The first-order chi connectivity index (χ1) is 13.7. The lowest BCUT2D eigenvalue weighted by molar-refractivity contribution is -0.113. The Morgan fingerprint density at radius 2 is 1.72 bits per heavy atom. The maximum Gasteiger partial charge on any atom is 0.293 e. The zero-order chi connectivity index (χ0) is 21.1. The minimum absolute atomic E-state index is 0.0700. The van der Waals surface area contributed by atoms with Crippen molar-refractivity contribution in [2.24, 2.45) is 5.14 Å². The number of aliphatic hydroxyl groups is 1. The molecule has 2 aromatic carbocycles. The van der Waals surface area contributed by atoms with Gasteiger partial charge in [-0.15, -0.1) is 0 Å². The fourth-order valence-corrected chi connectivity index (χ4v) is 3.18. The van der Waals surface area contributed by atoms with E-state index in [1.54, 1.807) is 24.3 Å². The zero-order valence-electron chi connectivity index (χ0n) is 15.1. The Hall–Kier alpha value is -2.66. The lowest BCUT2D eigenvalue weighted by Crippen LogP contribution is -2.27. The number of benzene rings is 2. The second-order valence-electron chi connectivity index (χ2n) is 6.27. The lowest BCUT2D eigenvalue weighted by Gasteiger charge is -2.13. The molecule has 154 valence electrons. The van der Waals surface area contributed by atoms with Crippen LogP contribution in [0.3, 0.4) is 0 Å². The fraction of sp³-hybridized carbons (Fsp3) is 0.211. The van der Waals surface area contributed by atoms with Crippen LogP contribution in [0, 0.1) is 0 Å². The highest BCUT2D eigenvalue weighted by atomic mass is 32.2. The number of primary sulfonamides is 1. The molecule has 3 N–H and O–H groups in total. The Morgan fingerprint density at radius 1 is 1.07 bits per heavy atom. The summed E-state index contributed by atoms with van der Waals surface area (Å²) in [5.74, 6) is -3.19. The third-order valence-corrected chi connectivity index (χ3v) is 4.99. The number of aliphatic hydroxyl groups excluding tert-OH is 1. The Balaban J connectivity index is 1.99. The summed E-state index contributed by atoms with van der Waals surface area (Å²) in [6, 6.07) is 14.7. The highest BCUT2D eigenvalue weighted by Gasteiger charge is 2.29. The van der Waals surface area contributed by atoms with Gasteiger partial charge in [0.1, 0.15) is 25.5 Å². The van der Waals surface area contributed by atoms with Crippen LogP contribution >= 0.6 is 0 Å². The normalized spacial score (nSPS) is 12.3. The van der Waals surface area contributed by atoms with Gasteiger partial charge < -0.3 is 14.4 Å². The van der Waals surface area contributed by atoms with Gasteiger partial charge in [-0.1, -0.05) is 47.6 Å². The predicted octanol–water partition coefficient (Wildman–Crippen LogP) is 2.80. The van der Waals surface area contributed by atoms with Crippen LogP contribution in [-0.2, 0) is 21.4 Å². The first-order valence-corrected chi connectivity index (χ1v) is 9.99. The number of aromatic nitrogens is 1. The van der Waals surface area contributed by atoms with E-state index in [4.69, 9.17) is 19.5 Å². The quantitative estimate of drug-likeness (QED) is 0.575. The Labute approximate surface area is 165 Å². The van der Waals surface area contributed by atoms with Crippen LogP contribution in [0.25, 0.3) is 22.4 Å². The Morgan fingerprint density at radius 3 is 2.31 bits per heavy atom. The van der Waals surface area contributed by atoms with E-state index in [1.807, 2.05) is 6.07 Å². The molecule has 0 unspecified atom stereocenters. The molecule has 0 aliphatic rings. The van der Waals surface area contributed by atoms with Gasteiger partial charge in [0.15, 0.2) is 5.76 Å². The molecule has 0 atom stereocenters. The molecular formula is C19H18F2N2O5S. The minimum Gasteiger partial charge on any atom is -0.390 e. The number of nitrogens with zero attached hydrogens (tertiary/aromatic N) is 1. The van der Waals surface area contributed by atoms with Crippen molar-refractivity contribution in [3.63, 3.8) is 0 Å². The summed E-state index contributed by atoms with van der Waals surface area (Å²) in [6.45, 7) is -2.64. The summed E-state index contributed by atoms with van der Waals surface area (Å²) in [7, 11) is -3.87. The average Bonchev–Trinajstić information content (AvgIpc) is 3.12. The van der Waals surface area contributed by atoms with Gasteiger partial charge in [0, 0.05) is 5.56 Å². The molecule has 0 saturated carbocycles. The van der Waals surface area contributed by atoms with Crippen molar-refractivity contribution in [2.45, 2.75) is 17.4 Å². The van der Waals surface area contributed by atoms with Crippen molar-refractivity contribution in [3.8, 4) is 22.4 Å². The first-order valence-electron chi connectivity index (χ1n) is 8.45. The van der Waals surface area contributed by atoms with E-state index < -0.39 is 29.2 Å². The van der Waals surface area contributed by atoms with Crippen molar-refractivity contribution in [1.29, 1.82) is 0 Å². The van der Waals surface area contributed by atoms with Crippen LogP contribution in [0.1, 0.15) is 5.76 Å². The van der Waals surface area contributed by atoms with Crippen LogP contribution in [0.15, 0.2) is 64.0 Å². The molecule has 1 aromatic heterocycles. The molecule has 0 radical (unpaired) electrons. The van der Waals surface area contributed by atoms with Crippen molar-refractivity contribution >= 4 is 10.0 Å². The van der Waals surface area contributed by atoms with Crippen molar-refractivity contribution in [1.82, 2.24) is 5.16 Å². The van der Waals surface area contributed by atoms with E-state index in [1.165, 1.54) is 24.3 Å². The number of hydrogen-bond acceptors (Lipinski definition) is 6. The topological polar surface area (TPSA) is 116 Å². The van der Waals surface area contributed by atoms with Gasteiger partial charge in [-0.25, -0.2) is 22.3 Å². The van der Waals surface area contributed by atoms with E-state index in [0.717, 1.165) is 0 Å². The van der Waals surface area contributed by atoms with Crippen LogP contribution < -0.4 is 5.14 Å². The molecule has 7 nitrogen and oxygen atoms in total. The van der Waals surface area contributed by atoms with Gasteiger partial charge >= 0.3 is 0 Å². The third-order valence-electron chi connectivity index (χ3n) is 4.06. The number of halogens is 2. The van der Waals surface area contributed by atoms with Crippen LogP contribution in [0.2, 0.25) is 0 Å². The number of alkyl halides is 2. The number of ether oxygens (including phenoxy) is 1. The summed E-state index contributed by atoms with van der Waals surface area (Å²) >= 11 is 0. The number of sulfonamides is 1. The summed E-state index contributed by atoms with van der Waals surface area (Å²) in [6.07, 6.45) is 0. The SMILES string of the molecule is NS(=O)(=O)c1ccc(-c2c(-c3ccccc3)noc2COCC(F)(F)CO)cc1. The van der Waals surface area contributed by atoms with E-state index >= 15 is 0 Å². The summed E-state index contributed by atoms with van der Waals surface area (Å²) in [4.78, 5) is -0.0700. The molecule has 0 aliphatic heterocycles. The smallest absolute Gasteiger partial charge is 0.293 e. The van der Waals surface area contributed by atoms with Gasteiger partial charge in [0.05, 0.1) is 10.5 Å². The largest absolute Gasteiger partial charge is 0.390 e. The number of nitrogens with two attached hydrogens (primary N) is 1. The Bertz CT molecular complexity index is 1070. The zero-order valence-corrected chi connectivity index (χ0v) is 15.9. The maximum atomic E-state index is 13.2. The van der Waals surface area contributed by atoms with Crippen LogP contribution in [0.4, 0.5) is 8.78 Å². The standard InChI is InChI=1S/C19H18F2N2O5S/c20-19(21,11-24)12-27-10-16-17(13-6-8-15(9-7-13)29(22,25)26)18(23-28-16)14-4-2-1-3-5-14/h1-9,24H,10-12H2,(H2,22,25,26). The number of hydrogen-bond donors (Lipinski definition) is 2. The molecule has 3 aromatic rings. The van der Waals surface area contributed by atoms with Gasteiger partial charge in [0.25, 0.3) is 5.92 Å². The van der Waals surface area contributed by atoms with Crippen LogP contribution in [0.5, 0.6) is 0 Å². The second kappa shape index (κ2) is 8.37. The molecule has 0 amide bonds. The van der Waals surface area contributed by atoms with Crippen LogP contribution in [-0.4, -0.2) is 37.8 Å². The molecule has 0 fully saturated rings. The summed E-state index contributed by atoms with van der Waals surface area (Å²) < 4.78 is 59.7. The average molecular weight is 424 g/mol. The minimum atomic E-state index is -3.87. The monoisotopic (exact) mass is 424 g/mol. The first kappa shape index (κ1) is 21.1. The van der Waals surface area contributed by atoms with Crippen molar-refractivity contribution < 1.29 is 31.6 Å². The van der Waals surface area contributed by atoms with Gasteiger partial charge in [-0.3, -0.25) is 0 Å². The fourth-order valence-electron chi connectivity index (χ4n) is 2.66. The lowest BCUT2D eigenvalue weighted by atomic mass is 9.99. The molecular weight excluding hydrogens is 406 g/mol. The predicted molar refractivity (Wildman–Crippen MR) is 100 cm³/mol.